The number of anilines is 1. The van der Waals surface area contributed by atoms with Crippen molar-refractivity contribution in [1.82, 2.24) is 4.90 Å². The number of halogens is 1. The molecule has 1 atom stereocenters. The molecule has 0 spiro atoms. The zero-order valence-corrected chi connectivity index (χ0v) is 18.6. The first-order valence-corrected chi connectivity index (χ1v) is 11.1. The normalized spacial score (nSPS) is 15.2. The molecule has 0 radical (unpaired) electrons. The summed E-state index contributed by atoms with van der Waals surface area (Å²) >= 11 is 3.41. The van der Waals surface area contributed by atoms with Gasteiger partial charge in [0.05, 0.1) is 0 Å². The fraction of sp³-hybridized carbons (Fsp3) is 0.391. The van der Waals surface area contributed by atoms with Crippen molar-refractivity contribution < 1.29 is 14.7 Å². The van der Waals surface area contributed by atoms with Crippen molar-refractivity contribution in [2.45, 2.75) is 38.1 Å². The molecule has 2 amide bonds. The zero-order chi connectivity index (χ0) is 21.5. The Balaban J connectivity index is 1.66. The van der Waals surface area contributed by atoms with Crippen LogP contribution < -0.4 is 10.6 Å². The molecule has 3 rings (SSSR count). The van der Waals surface area contributed by atoms with Crippen molar-refractivity contribution in [3.63, 3.8) is 0 Å². The average molecular weight is 474 g/mol. The number of carbonyl (C=O) groups is 2. The van der Waals surface area contributed by atoms with E-state index < -0.39 is 12.0 Å². The number of aliphatic carboxylic acids is 1. The van der Waals surface area contributed by atoms with Gasteiger partial charge in [-0.2, -0.15) is 0 Å². The van der Waals surface area contributed by atoms with Crippen LogP contribution in [-0.2, 0) is 11.2 Å². The van der Waals surface area contributed by atoms with Gasteiger partial charge in [-0.25, -0.2) is 4.79 Å². The minimum Gasteiger partial charge on any atom is -0.481 e. The maximum absolute atomic E-state index is 12.0. The number of hydrogen-bond acceptors (Lipinski definition) is 3. The summed E-state index contributed by atoms with van der Waals surface area (Å²) in [6.07, 6.45) is 3.61. The predicted octanol–water partition coefficient (Wildman–Crippen LogP) is 4.58. The highest BCUT2D eigenvalue weighted by molar-refractivity contribution is 9.10. The zero-order valence-electron chi connectivity index (χ0n) is 17.0. The lowest BCUT2D eigenvalue weighted by Gasteiger charge is -2.30. The van der Waals surface area contributed by atoms with Crippen molar-refractivity contribution in [3.05, 3.63) is 64.1 Å². The number of amides is 2. The smallest absolute Gasteiger partial charge is 0.319 e. The molecule has 7 heteroatoms. The van der Waals surface area contributed by atoms with Gasteiger partial charge in [0.15, 0.2) is 0 Å². The Bertz CT molecular complexity index is 872. The lowest BCUT2D eigenvalue weighted by atomic mass is 10.1. The molecule has 30 heavy (non-hydrogen) atoms. The molecule has 1 aliphatic rings. The highest BCUT2D eigenvalue weighted by Crippen LogP contribution is 2.35. The Labute approximate surface area is 185 Å². The molecule has 160 valence electrons. The molecule has 2 aromatic rings. The third kappa shape index (κ3) is 5.83. The lowest BCUT2D eigenvalue weighted by molar-refractivity contribution is -0.137. The van der Waals surface area contributed by atoms with Crippen LogP contribution in [0.3, 0.4) is 0 Å². The van der Waals surface area contributed by atoms with E-state index in [1.807, 2.05) is 24.3 Å². The second-order valence-electron chi connectivity index (χ2n) is 7.61. The van der Waals surface area contributed by atoms with E-state index in [4.69, 9.17) is 10.8 Å². The number of rotatable bonds is 10. The van der Waals surface area contributed by atoms with E-state index in [1.165, 1.54) is 11.1 Å². The van der Waals surface area contributed by atoms with Crippen molar-refractivity contribution >= 4 is 33.6 Å². The van der Waals surface area contributed by atoms with Crippen molar-refractivity contribution in [1.29, 1.82) is 0 Å². The number of fused-ring (bicyclic) bond motifs is 1. The highest BCUT2D eigenvalue weighted by atomic mass is 79.9. The number of nitrogens with two attached hydrogens (primary N) is 1. The third-order valence-corrected chi connectivity index (χ3v) is 6.14. The third-order valence-electron chi connectivity index (χ3n) is 5.61. The summed E-state index contributed by atoms with van der Waals surface area (Å²) in [5.74, 6) is -0.767. The van der Waals surface area contributed by atoms with Gasteiger partial charge in [-0.05, 0) is 67.6 Å². The van der Waals surface area contributed by atoms with Crippen LogP contribution in [0.2, 0.25) is 0 Å². The van der Waals surface area contributed by atoms with Gasteiger partial charge in [0, 0.05) is 35.7 Å². The molecule has 6 nitrogen and oxygen atoms in total. The summed E-state index contributed by atoms with van der Waals surface area (Å²) in [6, 6.07) is 15.8. The van der Waals surface area contributed by atoms with Crippen molar-refractivity contribution in [2.24, 2.45) is 5.73 Å². The van der Waals surface area contributed by atoms with Gasteiger partial charge in [0.1, 0.15) is 0 Å². The molecule has 0 saturated carbocycles. The molecular weight excluding hydrogens is 446 g/mol. The van der Waals surface area contributed by atoms with Crippen LogP contribution >= 0.6 is 15.9 Å². The molecule has 0 bridgehead atoms. The molecule has 0 heterocycles. The molecule has 3 N–H and O–H groups in total. The molecule has 0 fully saturated rings. The minimum atomic E-state index is -0.767. The number of primary amides is 1. The van der Waals surface area contributed by atoms with Crippen LogP contribution in [0.5, 0.6) is 0 Å². The van der Waals surface area contributed by atoms with Gasteiger partial charge in [0.2, 0.25) is 0 Å². The first-order valence-electron chi connectivity index (χ1n) is 10.3. The Morgan fingerprint density at radius 2 is 1.73 bits per heavy atom. The number of carboxylic acid groups (broad SMARTS) is 1. The summed E-state index contributed by atoms with van der Waals surface area (Å²) < 4.78 is 0.945. The van der Waals surface area contributed by atoms with Gasteiger partial charge < -0.3 is 10.8 Å². The van der Waals surface area contributed by atoms with Crippen LogP contribution in [0.1, 0.15) is 42.9 Å². The first-order chi connectivity index (χ1) is 14.5. The molecule has 0 aromatic heterocycles. The Morgan fingerprint density at radius 1 is 1.03 bits per heavy atom. The van der Waals surface area contributed by atoms with Crippen molar-refractivity contribution in [3.8, 4) is 0 Å². The number of hydrogen-bond donors (Lipinski definition) is 2. The summed E-state index contributed by atoms with van der Waals surface area (Å²) in [7, 11) is 0. The Morgan fingerprint density at radius 3 is 2.43 bits per heavy atom. The van der Waals surface area contributed by atoms with Crippen LogP contribution in [0, 0.1) is 0 Å². The van der Waals surface area contributed by atoms with E-state index in [1.54, 1.807) is 4.90 Å². The molecule has 0 aliphatic heterocycles. The minimum absolute atomic E-state index is 0.164. The monoisotopic (exact) mass is 473 g/mol. The molecular formula is C23H28BrN3O3. The lowest BCUT2D eigenvalue weighted by Crippen LogP contribution is -2.38. The quantitative estimate of drug-likeness (QED) is 0.528. The topological polar surface area (TPSA) is 86.9 Å². The van der Waals surface area contributed by atoms with E-state index in [9.17, 15) is 9.59 Å². The van der Waals surface area contributed by atoms with E-state index >= 15 is 0 Å². The molecule has 1 unspecified atom stereocenters. The van der Waals surface area contributed by atoms with E-state index in [-0.39, 0.29) is 6.42 Å². The number of nitrogens with zero attached hydrogens (tertiary/aromatic N) is 2. The largest absolute Gasteiger partial charge is 0.481 e. The van der Waals surface area contributed by atoms with Gasteiger partial charge in [-0.1, -0.05) is 40.2 Å². The van der Waals surface area contributed by atoms with E-state index in [0.29, 0.717) is 19.0 Å². The standard InChI is InChI=1S/C23H28BrN3O3/c24-18-9-11-19(12-10-18)27(23(25)30)16-4-15-26(14-3-7-22(28)29)21-13-8-17-5-1-2-6-20(17)21/h1-2,5-6,9-12,21H,3-4,7-8,13-16H2,(H2,25,30)(H,28,29). The van der Waals surface area contributed by atoms with Crippen LogP contribution in [0.15, 0.2) is 53.0 Å². The highest BCUT2D eigenvalue weighted by Gasteiger charge is 2.27. The number of carboxylic acids is 1. The predicted molar refractivity (Wildman–Crippen MR) is 122 cm³/mol. The average Bonchev–Trinajstić information content (AvgIpc) is 3.14. The number of carbonyl (C=O) groups excluding carboxylic acids is 1. The number of aryl methyl sites for hydroxylation is 1. The first kappa shape index (κ1) is 22.3. The Hall–Kier alpha value is -2.38. The maximum atomic E-state index is 12.0. The second kappa shape index (κ2) is 10.6. The van der Waals surface area contributed by atoms with Gasteiger partial charge in [-0.3, -0.25) is 14.6 Å². The van der Waals surface area contributed by atoms with Crippen LogP contribution in [-0.4, -0.2) is 41.6 Å². The summed E-state index contributed by atoms with van der Waals surface area (Å²) in [5.41, 5.74) is 9.11. The number of urea groups is 1. The van der Waals surface area contributed by atoms with Crippen LogP contribution in [0.25, 0.3) is 0 Å². The summed E-state index contributed by atoms with van der Waals surface area (Å²) in [5, 5.41) is 9.03. The fourth-order valence-corrected chi connectivity index (χ4v) is 4.45. The molecule has 2 aromatic carbocycles. The number of benzene rings is 2. The fourth-order valence-electron chi connectivity index (χ4n) is 4.19. The Kier molecular flexibility index (Phi) is 7.87. The molecule has 0 saturated heterocycles. The summed E-state index contributed by atoms with van der Waals surface area (Å²) in [6.45, 7) is 2.01. The van der Waals surface area contributed by atoms with Gasteiger partial charge in [-0.15, -0.1) is 0 Å². The van der Waals surface area contributed by atoms with Crippen LogP contribution in [0.4, 0.5) is 10.5 Å². The second-order valence-corrected chi connectivity index (χ2v) is 8.52. The maximum Gasteiger partial charge on any atom is 0.319 e. The van der Waals surface area contributed by atoms with Gasteiger partial charge in [0.25, 0.3) is 0 Å². The van der Waals surface area contributed by atoms with E-state index in [2.05, 4.69) is 45.1 Å². The van der Waals surface area contributed by atoms with E-state index in [0.717, 1.165) is 42.5 Å². The van der Waals surface area contributed by atoms with Gasteiger partial charge >= 0.3 is 12.0 Å². The SMILES string of the molecule is NC(=O)N(CCCN(CCCC(=O)O)C1CCc2ccccc21)c1ccc(Br)cc1. The summed E-state index contributed by atoms with van der Waals surface area (Å²) in [4.78, 5) is 26.9. The van der Waals surface area contributed by atoms with Crippen molar-refractivity contribution in [2.75, 3.05) is 24.5 Å². The molecule has 1 aliphatic carbocycles.